The van der Waals surface area contributed by atoms with E-state index in [4.69, 9.17) is 4.74 Å². The van der Waals surface area contributed by atoms with E-state index in [0.29, 0.717) is 12.2 Å². The summed E-state index contributed by atoms with van der Waals surface area (Å²) in [6, 6.07) is 13.4. The van der Waals surface area contributed by atoms with Gasteiger partial charge in [0.1, 0.15) is 6.10 Å². The van der Waals surface area contributed by atoms with Gasteiger partial charge in [-0.15, -0.1) is 0 Å². The number of nitrogens with one attached hydrogen (secondary N) is 1. The summed E-state index contributed by atoms with van der Waals surface area (Å²) < 4.78 is 32.4. The molecule has 0 radical (unpaired) electrons. The normalized spacial score (nSPS) is 13.9. The summed E-state index contributed by atoms with van der Waals surface area (Å²) in [5.74, 6) is -1.70. The van der Waals surface area contributed by atoms with Gasteiger partial charge < -0.3 is 10.1 Å². The summed E-state index contributed by atoms with van der Waals surface area (Å²) in [4.78, 5) is 0. The highest BCUT2D eigenvalue weighted by molar-refractivity contribution is 5.27. The minimum atomic E-state index is -0.851. The number of hydrogen-bond donors (Lipinski definition) is 1. The third kappa shape index (κ3) is 3.65. The molecule has 0 saturated carbocycles. The van der Waals surface area contributed by atoms with Crippen molar-refractivity contribution in [2.75, 3.05) is 13.7 Å². The fourth-order valence-corrected chi connectivity index (χ4v) is 2.41. The van der Waals surface area contributed by atoms with E-state index in [1.807, 2.05) is 37.3 Å². The summed E-state index contributed by atoms with van der Waals surface area (Å²) in [6.07, 6.45) is -0.272. The topological polar surface area (TPSA) is 21.3 Å². The second-order valence-electron chi connectivity index (χ2n) is 4.73. The molecule has 1 N–H and O–H groups in total. The number of ether oxygens (including phenoxy) is 1. The number of hydrogen-bond acceptors (Lipinski definition) is 2. The molecule has 112 valence electrons. The van der Waals surface area contributed by atoms with Crippen LogP contribution >= 0.6 is 0 Å². The van der Waals surface area contributed by atoms with Crippen LogP contribution in [0, 0.1) is 11.6 Å². The third-order valence-electron chi connectivity index (χ3n) is 3.39. The zero-order valence-corrected chi connectivity index (χ0v) is 12.1. The largest absolute Gasteiger partial charge is 0.372 e. The van der Waals surface area contributed by atoms with Crippen LogP contribution < -0.4 is 5.32 Å². The summed E-state index contributed by atoms with van der Waals surface area (Å²) in [7, 11) is 1.78. The van der Waals surface area contributed by atoms with Crippen molar-refractivity contribution in [2.24, 2.45) is 0 Å². The third-order valence-corrected chi connectivity index (χ3v) is 3.39. The van der Waals surface area contributed by atoms with E-state index in [0.717, 1.165) is 11.6 Å². The summed E-state index contributed by atoms with van der Waals surface area (Å²) in [5.41, 5.74) is 1.64. The van der Waals surface area contributed by atoms with Gasteiger partial charge in [0.05, 0.1) is 6.04 Å². The van der Waals surface area contributed by atoms with Crippen molar-refractivity contribution in [1.29, 1.82) is 0 Å². The molecular formula is C17H19F2NO. The Morgan fingerprint density at radius 1 is 1.00 bits per heavy atom. The van der Waals surface area contributed by atoms with Gasteiger partial charge in [-0.2, -0.15) is 0 Å². The Morgan fingerprint density at radius 3 is 2.29 bits per heavy atom. The van der Waals surface area contributed by atoms with E-state index in [2.05, 4.69) is 5.32 Å². The van der Waals surface area contributed by atoms with E-state index in [9.17, 15) is 8.78 Å². The maximum atomic E-state index is 13.5. The van der Waals surface area contributed by atoms with Crippen LogP contribution in [0.15, 0.2) is 48.5 Å². The van der Waals surface area contributed by atoms with Crippen LogP contribution in [0.4, 0.5) is 8.78 Å². The average Bonchev–Trinajstić information content (AvgIpc) is 2.51. The fraction of sp³-hybridized carbons (Fsp3) is 0.294. The molecule has 0 aliphatic carbocycles. The van der Waals surface area contributed by atoms with E-state index in [-0.39, 0.29) is 12.1 Å². The lowest BCUT2D eigenvalue weighted by Gasteiger charge is -2.27. The van der Waals surface area contributed by atoms with Gasteiger partial charge in [-0.05, 0) is 37.2 Å². The summed E-state index contributed by atoms with van der Waals surface area (Å²) in [6.45, 7) is 2.44. The van der Waals surface area contributed by atoms with Gasteiger partial charge in [-0.1, -0.05) is 36.4 Å². The molecular weight excluding hydrogens is 272 g/mol. The Labute approximate surface area is 123 Å². The second-order valence-corrected chi connectivity index (χ2v) is 4.73. The van der Waals surface area contributed by atoms with Gasteiger partial charge in [-0.25, -0.2) is 8.78 Å². The Kier molecular flexibility index (Phi) is 5.42. The predicted molar refractivity (Wildman–Crippen MR) is 79.0 cm³/mol. The van der Waals surface area contributed by atoms with Crippen molar-refractivity contribution in [3.63, 3.8) is 0 Å². The Hall–Kier alpha value is -1.78. The molecule has 2 aromatic carbocycles. The minimum Gasteiger partial charge on any atom is -0.372 e. The van der Waals surface area contributed by atoms with Gasteiger partial charge in [0.25, 0.3) is 0 Å². The molecule has 0 heterocycles. The molecule has 0 bridgehead atoms. The van der Waals surface area contributed by atoms with Crippen LogP contribution in [0.2, 0.25) is 0 Å². The average molecular weight is 291 g/mol. The molecule has 0 aliphatic heterocycles. The highest BCUT2D eigenvalue weighted by atomic mass is 19.2. The predicted octanol–water partition coefficient (Wildman–Crippen LogP) is 4.00. The Bertz CT molecular complexity index is 574. The van der Waals surface area contributed by atoms with Crippen LogP contribution in [0.1, 0.15) is 30.2 Å². The van der Waals surface area contributed by atoms with Crippen molar-refractivity contribution in [2.45, 2.75) is 19.1 Å². The van der Waals surface area contributed by atoms with E-state index < -0.39 is 11.6 Å². The summed E-state index contributed by atoms with van der Waals surface area (Å²) >= 11 is 0. The quantitative estimate of drug-likeness (QED) is 0.868. The summed E-state index contributed by atoms with van der Waals surface area (Å²) in [5, 5.41) is 3.13. The number of benzene rings is 2. The van der Waals surface area contributed by atoms with Crippen molar-refractivity contribution in [1.82, 2.24) is 5.32 Å². The zero-order valence-electron chi connectivity index (χ0n) is 12.1. The Morgan fingerprint density at radius 2 is 1.71 bits per heavy atom. The standard InChI is InChI=1S/C17H19F2NO/c1-3-21-17(12-7-5-4-6-8-12)16(20-2)13-9-10-14(18)15(19)11-13/h4-11,16-17,20H,3H2,1-2H3. The van der Waals surface area contributed by atoms with Crippen molar-refractivity contribution in [3.8, 4) is 0 Å². The van der Waals surface area contributed by atoms with Gasteiger partial charge in [0.15, 0.2) is 11.6 Å². The fourth-order valence-electron chi connectivity index (χ4n) is 2.41. The molecule has 0 saturated heterocycles. The van der Waals surface area contributed by atoms with E-state index >= 15 is 0 Å². The van der Waals surface area contributed by atoms with Crippen molar-refractivity contribution < 1.29 is 13.5 Å². The van der Waals surface area contributed by atoms with E-state index in [1.54, 1.807) is 13.1 Å². The first-order chi connectivity index (χ1) is 10.2. The molecule has 2 unspecified atom stereocenters. The molecule has 2 atom stereocenters. The smallest absolute Gasteiger partial charge is 0.159 e. The lowest BCUT2D eigenvalue weighted by atomic mass is 9.95. The maximum Gasteiger partial charge on any atom is 0.159 e. The highest BCUT2D eigenvalue weighted by Crippen LogP contribution is 2.32. The van der Waals surface area contributed by atoms with Crippen LogP contribution in [0.25, 0.3) is 0 Å². The van der Waals surface area contributed by atoms with Crippen LogP contribution in [-0.2, 0) is 4.74 Å². The lowest BCUT2D eigenvalue weighted by molar-refractivity contribution is 0.0346. The SMILES string of the molecule is CCOC(c1ccccc1)C(NC)c1ccc(F)c(F)c1. The van der Waals surface area contributed by atoms with Gasteiger partial charge in [0, 0.05) is 6.61 Å². The zero-order chi connectivity index (χ0) is 15.2. The van der Waals surface area contributed by atoms with Crippen molar-refractivity contribution in [3.05, 3.63) is 71.3 Å². The molecule has 2 nitrogen and oxygen atoms in total. The molecule has 0 amide bonds. The molecule has 4 heteroatoms. The van der Waals surface area contributed by atoms with Gasteiger partial charge in [-0.3, -0.25) is 0 Å². The number of likely N-dealkylation sites (N-methyl/N-ethyl adjacent to an activating group) is 1. The molecule has 0 aliphatic rings. The molecule has 2 rings (SSSR count). The first-order valence-electron chi connectivity index (χ1n) is 6.96. The van der Waals surface area contributed by atoms with Gasteiger partial charge >= 0.3 is 0 Å². The lowest BCUT2D eigenvalue weighted by Crippen LogP contribution is -2.26. The van der Waals surface area contributed by atoms with Gasteiger partial charge in [0.2, 0.25) is 0 Å². The number of rotatable bonds is 6. The molecule has 0 fully saturated rings. The highest BCUT2D eigenvalue weighted by Gasteiger charge is 2.24. The molecule has 0 spiro atoms. The second kappa shape index (κ2) is 7.29. The molecule has 21 heavy (non-hydrogen) atoms. The van der Waals surface area contributed by atoms with Crippen LogP contribution in [0.5, 0.6) is 0 Å². The molecule has 2 aromatic rings. The maximum absolute atomic E-state index is 13.5. The Balaban J connectivity index is 2.37. The minimum absolute atomic E-state index is 0.262. The van der Waals surface area contributed by atoms with E-state index in [1.165, 1.54) is 6.07 Å². The monoisotopic (exact) mass is 291 g/mol. The van der Waals surface area contributed by atoms with Crippen molar-refractivity contribution >= 4 is 0 Å². The molecule has 0 aromatic heterocycles. The number of halogens is 2. The first-order valence-corrected chi connectivity index (χ1v) is 6.96. The first kappa shape index (κ1) is 15.6. The van der Waals surface area contributed by atoms with Crippen LogP contribution in [-0.4, -0.2) is 13.7 Å². The van der Waals surface area contributed by atoms with Crippen LogP contribution in [0.3, 0.4) is 0 Å².